The molecule has 0 radical (unpaired) electrons. The van der Waals surface area contributed by atoms with Crippen LogP contribution in [0.25, 0.3) is 6.08 Å². The molecule has 1 aromatic carbocycles. The van der Waals surface area contributed by atoms with Gasteiger partial charge in [0, 0.05) is 5.92 Å². The van der Waals surface area contributed by atoms with Crippen LogP contribution in [0.2, 0.25) is 0 Å². The maximum absolute atomic E-state index is 12.4. The third-order valence-corrected chi connectivity index (χ3v) is 6.97. The van der Waals surface area contributed by atoms with Gasteiger partial charge >= 0.3 is 11.9 Å². The van der Waals surface area contributed by atoms with E-state index < -0.39 is 73.5 Å². The molecule has 3 aliphatic rings. The van der Waals surface area contributed by atoms with Crippen molar-refractivity contribution in [2.45, 2.75) is 55.9 Å². The number of carbonyl (C=O) groups is 2. The number of rotatable bonds is 10. The average Bonchev–Trinajstić information content (AvgIpc) is 3.36. The van der Waals surface area contributed by atoms with Gasteiger partial charge in [0.2, 0.25) is 6.29 Å². The summed E-state index contributed by atoms with van der Waals surface area (Å²) in [5, 5.41) is 59.7. The Balaban J connectivity index is 1.40. The maximum atomic E-state index is 12.4. The number of aliphatic hydroxyl groups excluding tert-OH is 5. The standard InChI is InChI=1S/C27H32O12/c28-11-19-22(31)23(32)24(33)27(38-19)39-26-21-15(7-9-17(21)18(13-37-26)25(34)35)12-36-20(30)10-16(29)8-6-14-4-2-1-3-5-14/h1-8,13,16-17,19,21-24,26-29,31-33H,9-12H2,(H,34,35)/b8-6+/t16-,17+,19+,21+,22+,23-,24+,26-,27-/m0/s1. The summed E-state index contributed by atoms with van der Waals surface area (Å²) in [7, 11) is 0. The molecule has 1 aromatic rings. The van der Waals surface area contributed by atoms with E-state index in [-0.39, 0.29) is 25.0 Å². The second-order valence-electron chi connectivity index (χ2n) is 9.57. The average molecular weight is 549 g/mol. The predicted molar refractivity (Wildman–Crippen MR) is 132 cm³/mol. The van der Waals surface area contributed by atoms with Crippen molar-refractivity contribution in [3.05, 3.63) is 65.5 Å². The quantitative estimate of drug-likeness (QED) is 0.165. The zero-order valence-electron chi connectivity index (χ0n) is 20.9. The monoisotopic (exact) mass is 548 g/mol. The molecule has 0 saturated carbocycles. The van der Waals surface area contributed by atoms with Crippen LogP contribution in [0.15, 0.2) is 59.9 Å². The van der Waals surface area contributed by atoms with E-state index in [4.69, 9.17) is 18.9 Å². The number of aliphatic carboxylic acids is 1. The van der Waals surface area contributed by atoms with Gasteiger partial charge < -0.3 is 49.6 Å². The Morgan fingerprint density at radius 3 is 2.51 bits per heavy atom. The van der Waals surface area contributed by atoms with Crippen molar-refractivity contribution in [3.63, 3.8) is 0 Å². The molecule has 1 fully saturated rings. The summed E-state index contributed by atoms with van der Waals surface area (Å²) in [5.41, 5.74) is 1.34. The van der Waals surface area contributed by atoms with Crippen LogP contribution < -0.4 is 0 Å². The number of carboxylic acid groups (broad SMARTS) is 1. The Hall–Kier alpha value is -3.10. The lowest BCUT2D eigenvalue weighted by atomic mass is 9.83. The van der Waals surface area contributed by atoms with Crippen molar-refractivity contribution in [1.29, 1.82) is 0 Å². The first kappa shape index (κ1) is 28.9. The fourth-order valence-electron chi connectivity index (χ4n) is 4.86. The number of fused-ring (bicyclic) bond motifs is 1. The molecule has 0 bridgehead atoms. The first-order valence-electron chi connectivity index (χ1n) is 12.5. The third-order valence-electron chi connectivity index (χ3n) is 6.97. The Bertz CT molecular complexity index is 1100. The maximum Gasteiger partial charge on any atom is 0.335 e. The van der Waals surface area contributed by atoms with Crippen molar-refractivity contribution in [3.8, 4) is 0 Å². The number of allylic oxidation sites excluding steroid dienone is 1. The Morgan fingerprint density at radius 1 is 1.08 bits per heavy atom. The summed E-state index contributed by atoms with van der Waals surface area (Å²) >= 11 is 0. The van der Waals surface area contributed by atoms with Crippen LogP contribution >= 0.6 is 0 Å². The molecule has 39 heavy (non-hydrogen) atoms. The zero-order chi connectivity index (χ0) is 28.1. The first-order chi connectivity index (χ1) is 18.7. The molecule has 1 aliphatic carbocycles. The van der Waals surface area contributed by atoms with Crippen LogP contribution in [-0.4, -0.2) is 98.9 Å². The molecule has 0 spiro atoms. The highest BCUT2D eigenvalue weighted by Crippen LogP contribution is 2.44. The molecule has 12 heteroatoms. The molecule has 9 atom stereocenters. The smallest absolute Gasteiger partial charge is 0.335 e. The highest BCUT2D eigenvalue weighted by molar-refractivity contribution is 5.87. The largest absolute Gasteiger partial charge is 0.478 e. The fourth-order valence-corrected chi connectivity index (χ4v) is 4.86. The summed E-state index contributed by atoms with van der Waals surface area (Å²) in [6, 6.07) is 9.24. The van der Waals surface area contributed by atoms with Crippen molar-refractivity contribution < 1.29 is 59.2 Å². The third kappa shape index (κ3) is 6.73. The van der Waals surface area contributed by atoms with Gasteiger partial charge in [0.05, 0.1) is 36.9 Å². The van der Waals surface area contributed by atoms with E-state index in [9.17, 15) is 40.2 Å². The molecule has 4 rings (SSSR count). The normalized spacial score (nSPS) is 33.1. The van der Waals surface area contributed by atoms with Crippen molar-refractivity contribution >= 4 is 18.0 Å². The van der Waals surface area contributed by atoms with Crippen LogP contribution in [0, 0.1) is 11.8 Å². The minimum atomic E-state index is -1.69. The lowest BCUT2D eigenvalue weighted by molar-refractivity contribution is -0.339. The van der Waals surface area contributed by atoms with Crippen LogP contribution in [-0.2, 0) is 28.5 Å². The minimum Gasteiger partial charge on any atom is -0.478 e. The molecule has 1 saturated heterocycles. The molecule has 0 amide bonds. The van der Waals surface area contributed by atoms with Gasteiger partial charge in [-0.15, -0.1) is 0 Å². The van der Waals surface area contributed by atoms with Crippen molar-refractivity contribution in [1.82, 2.24) is 0 Å². The Morgan fingerprint density at radius 2 is 1.82 bits per heavy atom. The summed E-state index contributed by atoms with van der Waals surface area (Å²) in [4.78, 5) is 24.2. The Kier molecular flexibility index (Phi) is 9.51. The molecule has 0 unspecified atom stereocenters. The molecular weight excluding hydrogens is 516 g/mol. The molecule has 6 N–H and O–H groups in total. The van der Waals surface area contributed by atoms with E-state index in [2.05, 4.69) is 0 Å². The van der Waals surface area contributed by atoms with E-state index >= 15 is 0 Å². The fraction of sp³-hybridized carbons (Fsp3) is 0.481. The number of esters is 1. The lowest BCUT2D eigenvalue weighted by Gasteiger charge is -2.42. The van der Waals surface area contributed by atoms with Gasteiger partial charge in [-0.3, -0.25) is 4.79 Å². The van der Waals surface area contributed by atoms with Gasteiger partial charge in [0.15, 0.2) is 6.29 Å². The van der Waals surface area contributed by atoms with E-state index in [1.807, 2.05) is 30.3 Å². The summed E-state index contributed by atoms with van der Waals surface area (Å²) in [5.74, 6) is -3.22. The summed E-state index contributed by atoms with van der Waals surface area (Å²) in [6.45, 7) is -0.876. The van der Waals surface area contributed by atoms with Crippen LogP contribution in [0.1, 0.15) is 18.4 Å². The zero-order valence-corrected chi connectivity index (χ0v) is 20.9. The molecule has 2 heterocycles. The number of hydrogen-bond donors (Lipinski definition) is 6. The summed E-state index contributed by atoms with van der Waals surface area (Å²) < 4.78 is 22.1. The van der Waals surface area contributed by atoms with Crippen LogP contribution in [0.4, 0.5) is 0 Å². The van der Waals surface area contributed by atoms with E-state index in [0.29, 0.717) is 5.57 Å². The summed E-state index contributed by atoms with van der Waals surface area (Å²) in [6.07, 6.45) is -4.05. The van der Waals surface area contributed by atoms with Crippen LogP contribution in [0.3, 0.4) is 0 Å². The van der Waals surface area contributed by atoms with Gasteiger partial charge in [-0.05, 0) is 17.6 Å². The lowest BCUT2D eigenvalue weighted by Crippen LogP contribution is -2.60. The van der Waals surface area contributed by atoms with Gasteiger partial charge in [0.25, 0.3) is 0 Å². The predicted octanol–water partition coefficient (Wildman–Crippen LogP) is -0.302. The second-order valence-corrected chi connectivity index (χ2v) is 9.57. The molecule has 0 aromatic heterocycles. The number of hydrogen-bond acceptors (Lipinski definition) is 11. The highest BCUT2D eigenvalue weighted by Gasteiger charge is 2.49. The number of carbonyl (C=O) groups excluding carboxylic acids is 1. The Labute approximate surface area is 224 Å². The molecule has 212 valence electrons. The molecular formula is C27H32O12. The number of ether oxygens (including phenoxy) is 4. The van der Waals surface area contributed by atoms with E-state index in [1.54, 1.807) is 12.2 Å². The van der Waals surface area contributed by atoms with Gasteiger partial charge in [-0.25, -0.2) is 4.79 Å². The molecule has 12 nitrogen and oxygen atoms in total. The van der Waals surface area contributed by atoms with E-state index in [0.717, 1.165) is 11.8 Å². The highest BCUT2D eigenvalue weighted by atomic mass is 16.8. The topological polar surface area (TPSA) is 192 Å². The number of carboxylic acids is 1. The van der Waals surface area contributed by atoms with Gasteiger partial charge in [0.1, 0.15) is 31.0 Å². The first-order valence-corrected chi connectivity index (χ1v) is 12.5. The minimum absolute atomic E-state index is 0.0206. The van der Waals surface area contributed by atoms with Gasteiger partial charge in [-0.1, -0.05) is 48.6 Å². The van der Waals surface area contributed by atoms with E-state index in [1.165, 1.54) is 6.08 Å². The van der Waals surface area contributed by atoms with Crippen LogP contribution in [0.5, 0.6) is 0 Å². The second kappa shape index (κ2) is 12.8. The SMILES string of the molecule is O=C(C[C@@H](O)/C=C/c1ccccc1)OCC1=CC[C@@H]2C(C(=O)O)=CO[C@@H](O[C@@H]3O[C@H](CO)[C@@H](O)[C@H](O)[C@H]3O)[C@H]12. The molecule has 2 aliphatic heterocycles. The van der Waals surface area contributed by atoms with Gasteiger partial charge in [-0.2, -0.15) is 0 Å². The van der Waals surface area contributed by atoms with Crippen molar-refractivity contribution in [2.75, 3.05) is 13.2 Å². The number of aliphatic hydroxyl groups is 5. The number of benzene rings is 1. The van der Waals surface area contributed by atoms with Crippen molar-refractivity contribution in [2.24, 2.45) is 11.8 Å².